The quantitative estimate of drug-likeness (QED) is 0.455. The number of fused-ring (bicyclic) bond motifs is 2. The molecule has 0 saturated heterocycles. The number of aromatic nitrogens is 2. The molecule has 1 aliphatic carbocycles. The lowest BCUT2D eigenvalue weighted by Crippen LogP contribution is -2.20. The van der Waals surface area contributed by atoms with Crippen LogP contribution in [-0.2, 0) is 6.42 Å². The van der Waals surface area contributed by atoms with Crippen molar-refractivity contribution < 1.29 is 28.2 Å². The van der Waals surface area contributed by atoms with Crippen molar-refractivity contribution in [2.75, 3.05) is 0 Å². The molecule has 1 atom stereocenters. The van der Waals surface area contributed by atoms with Crippen LogP contribution in [0.15, 0.2) is 41.3 Å². The zero-order valence-corrected chi connectivity index (χ0v) is 17.6. The molecule has 0 saturated carbocycles. The summed E-state index contributed by atoms with van der Waals surface area (Å²) in [7, 11) is 0. The van der Waals surface area contributed by atoms with E-state index >= 15 is 4.39 Å². The first kappa shape index (κ1) is 21.4. The smallest absolute Gasteiger partial charge is 0.341 e. The number of halogens is 3. The second kappa shape index (κ2) is 7.82. The van der Waals surface area contributed by atoms with Gasteiger partial charge in [-0.15, -0.1) is 11.3 Å². The summed E-state index contributed by atoms with van der Waals surface area (Å²) in [6, 6.07) is 5.26. The van der Waals surface area contributed by atoms with Crippen LogP contribution in [0.2, 0.25) is 0 Å². The van der Waals surface area contributed by atoms with Gasteiger partial charge in [-0.2, -0.15) is 0 Å². The Morgan fingerprint density at radius 2 is 1.94 bits per heavy atom. The van der Waals surface area contributed by atoms with Crippen molar-refractivity contribution >= 4 is 28.3 Å². The van der Waals surface area contributed by atoms with Crippen LogP contribution in [0.3, 0.4) is 0 Å². The number of rotatable bonds is 3. The summed E-state index contributed by atoms with van der Waals surface area (Å²) in [5.41, 5.74) is -1.36. The fraction of sp³-hybridized carbons (Fsp3) is 0.174. The Bertz CT molecular complexity index is 1510. The number of hydrogen-bond acceptors (Lipinski definition) is 5. The van der Waals surface area contributed by atoms with E-state index in [4.69, 9.17) is 0 Å². The molecule has 0 spiro atoms. The van der Waals surface area contributed by atoms with Crippen molar-refractivity contribution in [3.63, 3.8) is 0 Å². The number of thiophene rings is 1. The average Bonchev–Trinajstić information content (AvgIpc) is 3.20. The molecular formula is C23H15F3N2O4S. The van der Waals surface area contributed by atoms with Crippen molar-refractivity contribution in [2.24, 2.45) is 0 Å². The molecule has 5 rings (SSSR count). The van der Waals surface area contributed by atoms with Gasteiger partial charge in [0.1, 0.15) is 28.5 Å². The highest BCUT2D eigenvalue weighted by atomic mass is 32.1. The third-order valence-corrected chi connectivity index (χ3v) is 6.92. The van der Waals surface area contributed by atoms with Crippen molar-refractivity contribution in [2.45, 2.75) is 25.4 Å². The molecule has 0 radical (unpaired) electrons. The van der Waals surface area contributed by atoms with Gasteiger partial charge in [0, 0.05) is 17.1 Å². The maximum atomic E-state index is 15.1. The normalized spacial score (nSPS) is 15.6. The van der Waals surface area contributed by atoms with Gasteiger partial charge in [-0.3, -0.25) is 9.36 Å². The molecule has 1 aromatic carbocycles. The highest BCUT2D eigenvalue weighted by Gasteiger charge is 2.25. The van der Waals surface area contributed by atoms with Gasteiger partial charge >= 0.3 is 5.97 Å². The monoisotopic (exact) mass is 472 g/mol. The number of aromatic carboxylic acids is 1. The molecule has 0 bridgehead atoms. The molecule has 3 heterocycles. The largest absolute Gasteiger partial charge is 0.477 e. The van der Waals surface area contributed by atoms with Gasteiger partial charge in [0.2, 0.25) is 5.43 Å². The molecule has 33 heavy (non-hydrogen) atoms. The highest BCUT2D eigenvalue weighted by Crippen LogP contribution is 2.40. The van der Waals surface area contributed by atoms with Gasteiger partial charge in [0.05, 0.1) is 22.1 Å². The van der Waals surface area contributed by atoms with Crippen LogP contribution in [0.25, 0.3) is 27.3 Å². The van der Waals surface area contributed by atoms with E-state index in [0.717, 1.165) is 52.2 Å². The standard InChI is InChI=1S/C23H15F3N2O4S/c24-11-4-5-16(14(25)7-11)28-9-13(23(31)32)20(30)12-8-15(26)19(27-22(12)28)18-6-10-2-1-3-17(29)21(10)33-18/h4-9,17,29H,1-3H2,(H,31,32). The third kappa shape index (κ3) is 3.51. The number of carboxylic acids is 1. The lowest BCUT2D eigenvalue weighted by molar-refractivity contribution is 0.0695. The van der Waals surface area contributed by atoms with Crippen molar-refractivity contribution in [1.82, 2.24) is 9.55 Å². The van der Waals surface area contributed by atoms with Crippen LogP contribution >= 0.6 is 11.3 Å². The van der Waals surface area contributed by atoms with Crippen molar-refractivity contribution in [3.05, 3.63) is 80.2 Å². The maximum absolute atomic E-state index is 15.1. The zero-order chi connectivity index (χ0) is 23.4. The van der Waals surface area contributed by atoms with Crippen LogP contribution < -0.4 is 5.43 Å². The molecule has 168 valence electrons. The fourth-order valence-corrected chi connectivity index (χ4v) is 5.29. The minimum absolute atomic E-state index is 0.118. The Labute approximate surface area is 188 Å². The molecule has 0 fully saturated rings. The van der Waals surface area contributed by atoms with Crippen LogP contribution in [0.4, 0.5) is 13.2 Å². The number of pyridine rings is 2. The van der Waals surface area contributed by atoms with Gasteiger partial charge in [-0.05, 0) is 49.1 Å². The molecule has 2 N–H and O–H groups in total. The Hall–Kier alpha value is -3.50. The molecule has 4 aromatic rings. The molecule has 6 nitrogen and oxygen atoms in total. The first-order chi connectivity index (χ1) is 15.7. The molecule has 0 amide bonds. The number of benzene rings is 1. The average molecular weight is 472 g/mol. The lowest BCUT2D eigenvalue weighted by Gasteiger charge is -2.16. The van der Waals surface area contributed by atoms with E-state index in [2.05, 4.69) is 4.98 Å². The number of aliphatic hydroxyl groups is 1. The first-order valence-corrected chi connectivity index (χ1v) is 10.8. The van der Waals surface area contributed by atoms with E-state index < -0.39 is 40.5 Å². The molecule has 3 aromatic heterocycles. The predicted octanol–water partition coefficient (Wildman–Crippen LogP) is 4.60. The summed E-state index contributed by atoms with van der Waals surface area (Å²) in [6.07, 6.45) is 2.36. The Morgan fingerprint density at radius 1 is 1.15 bits per heavy atom. The van der Waals surface area contributed by atoms with E-state index in [1.165, 1.54) is 11.3 Å². The number of nitrogens with zero attached hydrogens (tertiary/aromatic N) is 2. The summed E-state index contributed by atoms with van der Waals surface area (Å²) in [5, 5.41) is 19.3. The predicted molar refractivity (Wildman–Crippen MR) is 115 cm³/mol. The van der Waals surface area contributed by atoms with E-state index in [0.29, 0.717) is 17.4 Å². The van der Waals surface area contributed by atoms with E-state index in [1.54, 1.807) is 6.07 Å². The van der Waals surface area contributed by atoms with E-state index in [1.807, 2.05) is 0 Å². The van der Waals surface area contributed by atoms with Crippen LogP contribution in [0.5, 0.6) is 0 Å². The maximum Gasteiger partial charge on any atom is 0.341 e. The van der Waals surface area contributed by atoms with Gasteiger partial charge in [-0.1, -0.05) is 0 Å². The zero-order valence-electron chi connectivity index (χ0n) is 16.8. The second-order valence-electron chi connectivity index (χ2n) is 7.74. The minimum atomic E-state index is -1.58. The minimum Gasteiger partial charge on any atom is -0.477 e. The molecule has 0 aliphatic heterocycles. The summed E-state index contributed by atoms with van der Waals surface area (Å²) in [6.45, 7) is 0. The molecule has 10 heteroatoms. The lowest BCUT2D eigenvalue weighted by atomic mass is 9.97. The molecule has 1 aliphatic rings. The Balaban J connectivity index is 1.82. The topological polar surface area (TPSA) is 92.4 Å². The number of hydrogen-bond donors (Lipinski definition) is 2. The first-order valence-electron chi connectivity index (χ1n) is 10.00. The van der Waals surface area contributed by atoms with Crippen LogP contribution in [-0.4, -0.2) is 25.7 Å². The van der Waals surface area contributed by atoms with Crippen LogP contribution in [0.1, 0.15) is 39.7 Å². The number of carboxylic acid groups (broad SMARTS) is 1. The molecular weight excluding hydrogens is 457 g/mol. The second-order valence-corrected chi connectivity index (χ2v) is 8.82. The van der Waals surface area contributed by atoms with Gasteiger partial charge in [0.25, 0.3) is 0 Å². The summed E-state index contributed by atoms with van der Waals surface area (Å²) >= 11 is 1.18. The van der Waals surface area contributed by atoms with E-state index in [-0.39, 0.29) is 22.4 Å². The van der Waals surface area contributed by atoms with Gasteiger partial charge in [-0.25, -0.2) is 22.9 Å². The Morgan fingerprint density at radius 3 is 2.64 bits per heavy atom. The third-order valence-electron chi connectivity index (χ3n) is 5.63. The van der Waals surface area contributed by atoms with Gasteiger partial charge in [0.15, 0.2) is 5.82 Å². The van der Waals surface area contributed by atoms with Gasteiger partial charge < -0.3 is 10.2 Å². The highest BCUT2D eigenvalue weighted by molar-refractivity contribution is 7.15. The van der Waals surface area contributed by atoms with E-state index in [9.17, 15) is 28.6 Å². The summed E-state index contributed by atoms with van der Waals surface area (Å²) < 4.78 is 44.1. The molecule has 1 unspecified atom stereocenters. The van der Waals surface area contributed by atoms with Crippen molar-refractivity contribution in [1.29, 1.82) is 0 Å². The number of carbonyl (C=O) groups is 1. The number of aryl methyl sites for hydroxylation is 1. The van der Waals surface area contributed by atoms with Crippen LogP contribution in [0, 0.1) is 17.5 Å². The SMILES string of the molecule is O=C(O)c1cn(-c2ccc(F)cc2F)c2nc(-c3cc4c(s3)C(O)CCC4)c(F)cc2c1=O. The summed E-state index contributed by atoms with van der Waals surface area (Å²) in [5.74, 6) is -4.30. The number of aliphatic hydroxyl groups excluding tert-OH is 1. The fourth-order valence-electron chi connectivity index (χ4n) is 4.06. The summed E-state index contributed by atoms with van der Waals surface area (Å²) in [4.78, 5) is 29.7. The van der Waals surface area contributed by atoms with Crippen molar-refractivity contribution in [3.8, 4) is 16.3 Å². The Kier molecular flexibility index (Phi) is 5.06.